The summed E-state index contributed by atoms with van der Waals surface area (Å²) in [5.41, 5.74) is 0.437. The lowest BCUT2D eigenvalue weighted by molar-refractivity contribution is 0.0988. The van der Waals surface area contributed by atoms with Gasteiger partial charge < -0.3 is 5.32 Å². The van der Waals surface area contributed by atoms with Gasteiger partial charge in [-0.1, -0.05) is 19.1 Å². The van der Waals surface area contributed by atoms with Crippen molar-refractivity contribution in [1.82, 2.24) is 14.9 Å². The molecule has 2 rings (SSSR count). The molecule has 1 heterocycles. The van der Waals surface area contributed by atoms with Gasteiger partial charge in [0, 0.05) is 51.3 Å². The fraction of sp³-hybridized carbons (Fsp3) is 0.533. The Morgan fingerprint density at radius 2 is 2.05 bits per heavy atom. The van der Waals surface area contributed by atoms with Gasteiger partial charge in [-0.15, -0.1) is 0 Å². The third-order valence-electron chi connectivity index (χ3n) is 3.72. The van der Waals surface area contributed by atoms with Crippen molar-refractivity contribution < 1.29 is 13.2 Å². The number of nitrogens with zero attached hydrogens (tertiary/aromatic N) is 1. The number of benzene rings is 1. The third-order valence-corrected chi connectivity index (χ3v) is 5.18. The fourth-order valence-corrected chi connectivity index (χ4v) is 3.46. The quantitative estimate of drug-likeness (QED) is 0.712. The first-order valence-electron chi connectivity index (χ1n) is 7.59. The van der Waals surface area contributed by atoms with E-state index >= 15 is 0 Å². The summed E-state index contributed by atoms with van der Waals surface area (Å²) in [6, 6.07) is 6.21. The normalized spacial score (nSPS) is 16.6. The number of ketones is 1. The van der Waals surface area contributed by atoms with Crippen LogP contribution in [0.25, 0.3) is 0 Å². The first kappa shape index (κ1) is 17.1. The zero-order valence-corrected chi connectivity index (χ0v) is 13.7. The molecule has 7 heteroatoms. The Labute approximate surface area is 131 Å². The molecule has 0 spiro atoms. The van der Waals surface area contributed by atoms with Crippen LogP contribution in [0.1, 0.15) is 23.7 Å². The zero-order chi connectivity index (χ0) is 16.0. The zero-order valence-electron chi connectivity index (χ0n) is 12.8. The largest absolute Gasteiger partial charge is 0.314 e. The van der Waals surface area contributed by atoms with Crippen molar-refractivity contribution in [3.63, 3.8) is 0 Å². The Kier molecular flexibility index (Phi) is 6.07. The smallest absolute Gasteiger partial charge is 0.240 e. The molecular weight excluding hydrogens is 302 g/mol. The molecule has 0 atom stereocenters. The van der Waals surface area contributed by atoms with E-state index in [1.807, 2.05) is 0 Å². The van der Waals surface area contributed by atoms with Crippen LogP contribution in [0.3, 0.4) is 0 Å². The predicted molar refractivity (Wildman–Crippen MR) is 85.6 cm³/mol. The first-order valence-corrected chi connectivity index (χ1v) is 9.07. The van der Waals surface area contributed by atoms with Crippen LogP contribution in [-0.2, 0) is 10.0 Å². The molecule has 1 saturated heterocycles. The van der Waals surface area contributed by atoms with Crippen LogP contribution in [-0.4, -0.2) is 58.4 Å². The van der Waals surface area contributed by atoms with Crippen LogP contribution >= 0.6 is 0 Å². The number of piperazine rings is 1. The molecule has 0 amide bonds. The molecule has 1 aromatic carbocycles. The van der Waals surface area contributed by atoms with Gasteiger partial charge in [0.05, 0.1) is 4.90 Å². The monoisotopic (exact) mass is 325 g/mol. The van der Waals surface area contributed by atoms with Crippen LogP contribution < -0.4 is 10.0 Å². The third kappa shape index (κ3) is 4.61. The summed E-state index contributed by atoms with van der Waals surface area (Å²) in [6.07, 6.45) is 0.361. The molecule has 6 nitrogen and oxygen atoms in total. The van der Waals surface area contributed by atoms with Gasteiger partial charge in [-0.3, -0.25) is 9.69 Å². The Bertz CT molecular complexity index is 610. The van der Waals surface area contributed by atoms with Gasteiger partial charge in [0.1, 0.15) is 0 Å². The van der Waals surface area contributed by atoms with E-state index in [0.29, 0.717) is 25.1 Å². The summed E-state index contributed by atoms with van der Waals surface area (Å²) in [5.74, 6) is -0.0575. The van der Waals surface area contributed by atoms with Gasteiger partial charge >= 0.3 is 0 Å². The van der Waals surface area contributed by atoms with E-state index in [-0.39, 0.29) is 10.7 Å². The summed E-state index contributed by atoms with van der Waals surface area (Å²) in [7, 11) is -3.57. The lowest BCUT2D eigenvalue weighted by Crippen LogP contribution is -2.46. The van der Waals surface area contributed by atoms with Crippen molar-refractivity contribution >= 4 is 15.8 Å². The minimum absolute atomic E-state index is 0.0575. The maximum Gasteiger partial charge on any atom is 0.240 e. The highest BCUT2D eigenvalue weighted by atomic mass is 32.2. The van der Waals surface area contributed by atoms with E-state index in [2.05, 4.69) is 14.9 Å². The summed E-state index contributed by atoms with van der Waals surface area (Å²) in [4.78, 5) is 14.0. The van der Waals surface area contributed by atoms with E-state index in [1.54, 1.807) is 19.1 Å². The Hall–Kier alpha value is -1.28. The van der Waals surface area contributed by atoms with Gasteiger partial charge in [0.2, 0.25) is 10.0 Å². The number of carbonyl (C=O) groups is 1. The van der Waals surface area contributed by atoms with Crippen molar-refractivity contribution in [1.29, 1.82) is 0 Å². The first-order chi connectivity index (χ1) is 10.5. The second kappa shape index (κ2) is 7.82. The lowest BCUT2D eigenvalue weighted by Gasteiger charge is -2.27. The maximum absolute atomic E-state index is 12.3. The van der Waals surface area contributed by atoms with Crippen LogP contribution in [0.2, 0.25) is 0 Å². The number of nitrogens with one attached hydrogen (secondary N) is 2. The average molecular weight is 325 g/mol. The van der Waals surface area contributed by atoms with Crippen LogP contribution in [0, 0.1) is 0 Å². The minimum Gasteiger partial charge on any atom is -0.314 e. The Morgan fingerprint density at radius 3 is 2.73 bits per heavy atom. The second-order valence-corrected chi connectivity index (χ2v) is 7.06. The second-order valence-electron chi connectivity index (χ2n) is 5.29. The molecule has 0 radical (unpaired) electrons. The van der Waals surface area contributed by atoms with Crippen molar-refractivity contribution in [2.45, 2.75) is 18.2 Å². The number of hydrogen-bond donors (Lipinski definition) is 2. The van der Waals surface area contributed by atoms with E-state index in [1.165, 1.54) is 12.1 Å². The van der Waals surface area contributed by atoms with Crippen LogP contribution in [0.4, 0.5) is 0 Å². The number of rotatable bonds is 7. The van der Waals surface area contributed by atoms with E-state index in [0.717, 1.165) is 26.2 Å². The maximum atomic E-state index is 12.3. The lowest BCUT2D eigenvalue weighted by atomic mass is 10.1. The average Bonchev–Trinajstić information content (AvgIpc) is 2.55. The minimum atomic E-state index is -3.57. The number of sulfonamides is 1. The summed E-state index contributed by atoms with van der Waals surface area (Å²) in [5, 5.41) is 3.26. The van der Waals surface area contributed by atoms with Gasteiger partial charge in [0.25, 0.3) is 0 Å². The van der Waals surface area contributed by atoms with E-state index in [9.17, 15) is 13.2 Å². The molecular formula is C15H23N3O3S. The van der Waals surface area contributed by atoms with Gasteiger partial charge in [-0.25, -0.2) is 13.1 Å². The van der Waals surface area contributed by atoms with Crippen LogP contribution in [0.5, 0.6) is 0 Å². The molecule has 0 saturated carbocycles. The highest BCUT2D eigenvalue weighted by Crippen LogP contribution is 2.12. The summed E-state index contributed by atoms with van der Waals surface area (Å²) in [6.45, 7) is 6.56. The molecule has 2 N–H and O–H groups in total. The van der Waals surface area contributed by atoms with Crippen molar-refractivity contribution in [3.8, 4) is 0 Å². The van der Waals surface area contributed by atoms with Crippen molar-refractivity contribution in [2.75, 3.05) is 39.3 Å². The molecule has 122 valence electrons. The van der Waals surface area contributed by atoms with Gasteiger partial charge in [0.15, 0.2) is 5.78 Å². The molecule has 1 aliphatic rings. The predicted octanol–water partition coefficient (Wildman–Crippen LogP) is 0.463. The fourth-order valence-electron chi connectivity index (χ4n) is 2.40. The molecule has 1 aromatic rings. The van der Waals surface area contributed by atoms with E-state index in [4.69, 9.17) is 0 Å². The van der Waals surface area contributed by atoms with Gasteiger partial charge in [-0.2, -0.15) is 0 Å². The Morgan fingerprint density at radius 1 is 1.32 bits per heavy atom. The standard InChI is InChI=1S/C15H23N3O3S/c1-2-15(19)13-4-3-5-14(12-13)22(20,21)17-8-11-18-9-6-16-7-10-18/h3-5,12,16-17H,2,6-11H2,1H3. The molecule has 0 bridgehead atoms. The number of hydrogen-bond acceptors (Lipinski definition) is 5. The van der Waals surface area contributed by atoms with Crippen molar-refractivity contribution in [2.24, 2.45) is 0 Å². The number of carbonyl (C=O) groups excluding carboxylic acids is 1. The Balaban J connectivity index is 1.96. The van der Waals surface area contributed by atoms with Crippen molar-refractivity contribution in [3.05, 3.63) is 29.8 Å². The van der Waals surface area contributed by atoms with Crippen LogP contribution in [0.15, 0.2) is 29.2 Å². The highest BCUT2D eigenvalue weighted by molar-refractivity contribution is 7.89. The molecule has 0 aliphatic carbocycles. The molecule has 0 unspecified atom stereocenters. The topological polar surface area (TPSA) is 78.5 Å². The summed E-state index contributed by atoms with van der Waals surface area (Å²) < 4.78 is 27.2. The highest BCUT2D eigenvalue weighted by Gasteiger charge is 2.16. The molecule has 0 aromatic heterocycles. The van der Waals surface area contributed by atoms with Gasteiger partial charge in [-0.05, 0) is 12.1 Å². The molecule has 22 heavy (non-hydrogen) atoms. The molecule has 1 fully saturated rings. The summed E-state index contributed by atoms with van der Waals surface area (Å²) >= 11 is 0. The molecule has 1 aliphatic heterocycles. The van der Waals surface area contributed by atoms with E-state index < -0.39 is 10.0 Å². The SMILES string of the molecule is CCC(=O)c1cccc(S(=O)(=O)NCCN2CCNCC2)c1. The number of Topliss-reactive ketones (excluding diaryl/α,β-unsaturated/α-hetero) is 1.